The monoisotopic (exact) mass is 227 g/mol. The Kier molecular flexibility index (Phi) is 4.82. The first-order valence-electron chi connectivity index (χ1n) is 5.39. The molecule has 1 unspecified atom stereocenters. The number of hydrogen-bond acceptors (Lipinski definition) is 3. The number of rotatable bonds is 6. The number of ether oxygens (including phenoxy) is 1. The molecule has 1 saturated carbocycles. The largest absolute Gasteiger partial charge is 0.481 e. The average molecular weight is 227 g/mol. The number of carbonyl (C=O) groups excluding carboxylic acids is 1. The maximum atomic E-state index is 11.1. The van der Waals surface area contributed by atoms with E-state index in [1.807, 2.05) is 0 Å². The van der Waals surface area contributed by atoms with Crippen molar-refractivity contribution in [3.63, 3.8) is 0 Å². The molecule has 1 fully saturated rings. The quantitative estimate of drug-likeness (QED) is 0.672. The van der Waals surface area contributed by atoms with Crippen LogP contribution in [0.2, 0.25) is 0 Å². The second-order valence-corrected chi connectivity index (χ2v) is 3.90. The van der Waals surface area contributed by atoms with Crippen molar-refractivity contribution in [1.82, 2.24) is 5.32 Å². The van der Waals surface area contributed by atoms with Crippen molar-refractivity contribution >= 4 is 12.1 Å². The van der Waals surface area contributed by atoms with Gasteiger partial charge in [-0.25, -0.2) is 4.79 Å². The molecule has 1 aliphatic carbocycles. The summed E-state index contributed by atoms with van der Waals surface area (Å²) in [7, 11) is 0. The fourth-order valence-electron chi connectivity index (χ4n) is 1.68. The van der Waals surface area contributed by atoms with Crippen LogP contribution < -0.4 is 5.32 Å². The molecule has 16 heavy (non-hydrogen) atoms. The molecule has 2 N–H and O–H groups in total. The summed E-state index contributed by atoms with van der Waals surface area (Å²) in [6.45, 7) is 3.67. The van der Waals surface area contributed by atoms with E-state index in [0.29, 0.717) is 0 Å². The van der Waals surface area contributed by atoms with E-state index >= 15 is 0 Å². The molecule has 1 atom stereocenters. The molecule has 0 aliphatic heterocycles. The summed E-state index contributed by atoms with van der Waals surface area (Å²) in [5, 5.41) is 11.4. The molecule has 1 amide bonds. The van der Waals surface area contributed by atoms with Crippen molar-refractivity contribution in [3.05, 3.63) is 12.7 Å². The first-order valence-corrected chi connectivity index (χ1v) is 5.39. The van der Waals surface area contributed by atoms with Crippen molar-refractivity contribution in [3.8, 4) is 0 Å². The van der Waals surface area contributed by atoms with Gasteiger partial charge in [-0.3, -0.25) is 4.79 Å². The molecular formula is C11H17NO4. The standard InChI is InChI=1S/C11H17NO4/c1-2-6-16-11(15)12-7-9(10(13)14)8-4-3-5-8/h2,8-9H,1,3-7H2,(H,12,15)(H,13,14). The fraction of sp³-hybridized carbons (Fsp3) is 0.636. The van der Waals surface area contributed by atoms with Crippen LogP contribution in [0.4, 0.5) is 4.79 Å². The van der Waals surface area contributed by atoms with E-state index in [1.54, 1.807) is 0 Å². The second kappa shape index (κ2) is 6.15. The zero-order chi connectivity index (χ0) is 12.0. The number of carboxylic acid groups (broad SMARTS) is 1. The Morgan fingerprint density at radius 1 is 1.56 bits per heavy atom. The highest BCUT2D eigenvalue weighted by atomic mass is 16.5. The third kappa shape index (κ3) is 3.56. The highest BCUT2D eigenvalue weighted by Gasteiger charge is 2.32. The van der Waals surface area contributed by atoms with Crippen LogP contribution in [0.25, 0.3) is 0 Å². The third-order valence-corrected chi connectivity index (χ3v) is 2.83. The van der Waals surface area contributed by atoms with E-state index in [4.69, 9.17) is 9.84 Å². The van der Waals surface area contributed by atoms with Crippen LogP contribution in [-0.2, 0) is 9.53 Å². The summed E-state index contributed by atoms with van der Waals surface area (Å²) in [5.74, 6) is -1.16. The Morgan fingerprint density at radius 2 is 2.25 bits per heavy atom. The molecule has 0 spiro atoms. The van der Waals surface area contributed by atoms with Crippen molar-refractivity contribution in [2.45, 2.75) is 19.3 Å². The zero-order valence-corrected chi connectivity index (χ0v) is 9.15. The minimum Gasteiger partial charge on any atom is -0.481 e. The Bertz CT molecular complexity index is 273. The molecular weight excluding hydrogens is 210 g/mol. The lowest BCUT2D eigenvalue weighted by Gasteiger charge is -2.30. The van der Waals surface area contributed by atoms with Crippen molar-refractivity contribution in [1.29, 1.82) is 0 Å². The van der Waals surface area contributed by atoms with Gasteiger partial charge in [-0.1, -0.05) is 19.1 Å². The maximum absolute atomic E-state index is 11.1. The van der Waals surface area contributed by atoms with Crippen molar-refractivity contribution < 1.29 is 19.4 Å². The van der Waals surface area contributed by atoms with Gasteiger partial charge in [0.1, 0.15) is 6.61 Å². The lowest BCUT2D eigenvalue weighted by atomic mass is 9.76. The minimum absolute atomic E-state index is 0.132. The smallest absolute Gasteiger partial charge is 0.407 e. The number of aliphatic carboxylic acids is 1. The van der Waals surface area contributed by atoms with Crippen molar-refractivity contribution in [2.75, 3.05) is 13.2 Å². The number of nitrogens with one attached hydrogen (secondary N) is 1. The predicted molar refractivity (Wildman–Crippen MR) is 58.0 cm³/mol. The van der Waals surface area contributed by atoms with Gasteiger partial charge in [0.25, 0.3) is 0 Å². The van der Waals surface area contributed by atoms with Gasteiger partial charge < -0.3 is 15.2 Å². The summed E-state index contributed by atoms with van der Waals surface area (Å²) in [5.41, 5.74) is 0. The SMILES string of the molecule is C=CCOC(=O)NCC(C(=O)O)C1CCC1. The Hall–Kier alpha value is -1.52. The highest BCUT2D eigenvalue weighted by Crippen LogP contribution is 2.33. The average Bonchev–Trinajstić information content (AvgIpc) is 2.17. The molecule has 0 heterocycles. The molecule has 90 valence electrons. The van der Waals surface area contributed by atoms with Crippen LogP contribution >= 0.6 is 0 Å². The number of amides is 1. The fourth-order valence-corrected chi connectivity index (χ4v) is 1.68. The van der Waals surface area contributed by atoms with Gasteiger partial charge in [0.15, 0.2) is 0 Å². The molecule has 1 aliphatic rings. The summed E-state index contributed by atoms with van der Waals surface area (Å²) < 4.78 is 4.69. The van der Waals surface area contributed by atoms with Crippen LogP contribution in [0.5, 0.6) is 0 Å². The minimum atomic E-state index is -0.853. The van der Waals surface area contributed by atoms with Crippen LogP contribution in [0.3, 0.4) is 0 Å². The Labute approximate surface area is 94.5 Å². The van der Waals surface area contributed by atoms with Crippen molar-refractivity contribution in [2.24, 2.45) is 11.8 Å². The van der Waals surface area contributed by atoms with E-state index < -0.39 is 18.0 Å². The van der Waals surface area contributed by atoms with E-state index in [9.17, 15) is 9.59 Å². The first kappa shape index (κ1) is 12.5. The van der Waals surface area contributed by atoms with Gasteiger partial charge >= 0.3 is 12.1 Å². The topological polar surface area (TPSA) is 75.6 Å². The van der Waals surface area contributed by atoms with E-state index in [0.717, 1.165) is 19.3 Å². The van der Waals surface area contributed by atoms with Gasteiger partial charge in [0.2, 0.25) is 0 Å². The molecule has 1 rings (SSSR count). The summed E-state index contributed by atoms with van der Waals surface area (Å²) in [6.07, 6.45) is 3.81. The second-order valence-electron chi connectivity index (χ2n) is 3.90. The lowest BCUT2D eigenvalue weighted by Crippen LogP contribution is -2.39. The number of carbonyl (C=O) groups is 2. The van der Waals surface area contributed by atoms with Crippen LogP contribution in [0, 0.1) is 11.8 Å². The molecule has 5 nitrogen and oxygen atoms in total. The van der Waals surface area contributed by atoms with Crippen LogP contribution in [0.1, 0.15) is 19.3 Å². The first-order chi connectivity index (χ1) is 7.65. The lowest BCUT2D eigenvalue weighted by molar-refractivity contribution is -0.144. The Morgan fingerprint density at radius 3 is 2.69 bits per heavy atom. The van der Waals surface area contributed by atoms with Gasteiger partial charge in [0.05, 0.1) is 5.92 Å². The zero-order valence-electron chi connectivity index (χ0n) is 9.15. The predicted octanol–water partition coefficient (Wildman–Crippen LogP) is 1.40. The van der Waals surface area contributed by atoms with Gasteiger partial charge in [0, 0.05) is 6.54 Å². The summed E-state index contributed by atoms with van der Waals surface area (Å²) in [4.78, 5) is 22.0. The van der Waals surface area contributed by atoms with E-state index in [-0.39, 0.29) is 19.1 Å². The maximum Gasteiger partial charge on any atom is 0.407 e. The Balaban J connectivity index is 2.29. The molecule has 5 heteroatoms. The van der Waals surface area contributed by atoms with Gasteiger partial charge in [-0.15, -0.1) is 0 Å². The summed E-state index contributed by atoms with van der Waals surface area (Å²) in [6, 6.07) is 0. The highest BCUT2D eigenvalue weighted by molar-refractivity contribution is 5.73. The van der Waals surface area contributed by atoms with Gasteiger partial charge in [-0.05, 0) is 18.8 Å². The molecule has 0 bridgehead atoms. The summed E-state index contributed by atoms with van der Waals surface area (Å²) >= 11 is 0. The van der Waals surface area contributed by atoms with E-state index in [2.05, 4.69) is 11.9 Å². The molecule has 0 radical (unpaired) electrons. The van der Waals surface area contributed by atoms with Gasteiger partial charge in [-0.2, -0.15) is 0 Å². The third-order valence-electron chi connectivity index (χ3n) is 2.83. The van der Waals surface area contributed by atoms with Crippen LogP contribution in [-0.4, -0.2) is 30.3 Å². The molecule has 0 aromatic heterocycles. The molecule has 0 aromatic rings. The van der Waals surface area contributed by atoms with Crippen LogP contribution in [0.15, 0.2) is 12.7 Å². The number of alkyl carbamates (subject to hydrolysis) is 1. The number of hydrogen-bond donors (Lipinski definition) is 2. The molecule has 0 saturated heterocycles. The molecule has 0 aromatic carbocycles. The normalized spacial score (nSPS) is 17.0. The van der Waals surface area contributed by atoms with E-state index in [1.165, 1.54) is 6.08 Å². The number of carboxylic acids is 1.